The summed E-state index contributed by atoms with van der Waals surface area (Å²) < 4.78 is 33.5. The van der Waals surface area contributed by atoms with Gasteiger partial charge in [0.1, 0.15) is 5.82 Å². The van der Waals surface area contributed by atoms with Crippen LogP contribution in [-0.2, 0) is 17.9 Å². The van der Waals surface area contributed by atoms with E-state index in [1.807, 2.05) is 31.5 Å². The zero-order valence-corrected chi connectivity index (χ0v) is 16.4. The van der Waals surface area contributed by atoms with Gasteiger partial charge in [-0.1, -0.05) is 12.1 Å². The van der Waals surface area contributed by atoms with Crippen molar-refractivity contribution in [2.24, 2.45) is 0 Å². The number of carboxylic acids is 1. The van der Waals surface area contributed by atoms with E-state index < -0.39 is 12.1 Å². The molecule has 1 aromatic carbocycles. The maximum Gasteiger partial charge on any atom is 0.490 e. The molecule has 11 heteroatoms. The number of carbonyl (C=O) groups is 1. The molecular weight excluding hydrogens is 413 g/mol. The fourth-order valence-electron chi connectivity index (χ4n) is 2.71. The fourth-order valence-corrected chi connectivity index (χ4v) is 2.71. The number of aliphatic carboxylic acids is 1. The predicted octanol–water partition coefficient (Wildman–Crippen LogP) is 3.38. The Hall–Kier alpha value is -3.73. The lowest BCUT2D eigenvalue weighted by molar-refractivity contribution is -0.192. The number of alkyl halides is 3. The SMILES string of the molecule is Cc1nc2ccc(CNCc3ccc(-n4cccn4)nc3)cc2[nH]1.O=C(O)C(F)(F)F. The number of aromatic amines is 1. The topological polar surface area (TPSA) is 109 Å². The molecule has 0 unspecified atom stereocenters. The molecule has 0 saturated heterocycles. The number of H-pyrrole nitrogens is 1. The van der Waals surface area contributed by atoms with Crippen molar-refractivity contribution >= 4 is 17.0 Å². The lowest BCUT2D eigenvalue weighted by Gasteiger charge is -2.06. The Labute approximate surface area is 174 Å². The summed E-state index contributed by atoms with van der Waals surface area (Å²) in [5.41, 5.74) is 4.46. The van der Waals surface area contributed by atoms with E-state index in [-0.39, 0.29) is 0 Å². The maximum atomic E-state index is 10.6. The molecule has 3 aromatic heterocycles. The summed E-state index contributed by atoms with van der Waals surface area (Å²) >= 11 is 0. The highest BCUT2D eigenvalue weighted by atomic mass is 19.4. The molecule has 3 heterocycles. The summed E-state index contributed by atoms with van der Waals surface area (Å²) in [7, 11) is 0. The van der Waals surface area contributed by atoms with Crippen molar-refractivity contribution in [3.05, 3.63) is 71.9 Å². The quantitative estimate of drug-likeness (QED) is 0.446. The van der Waals surface area contributed by atoms with Crippen LogP contribution in [0.2, 0.25) is 0 Å². The average Bonchev–Trinajstić information content (AvgIpc) is 3.37. The summed E-state index contributed by atoms with van der Waals surface area (Å²) in [6.07, 6.45) is 0.425. The molecule has 162 valence electrons. The standard InChI is InChI=1S/C18H18N6.C2HF3O2/c1-13-22-16-5-3-14(9-17(16)23-13)10-19-11-15-4-6-18(20-12-15)24-8-2-7-21-24;3-2(4,5)1(6)7/h2-9,12,19H,10-11H2,1H3,(H,22,23);(H,6,7). The second kappa shape index (κ2) is 9.39. The average molecular weight is 432 g/mol. The van der Waals surface area contributed by atoms with Crippen LogP contribution in [0.1, 0.15) is 17.0 Å². The molecule has 0 aliphatic rings. The van der Waals surface area contributed by atoms with Crippen LogP contribution in [0.25, 0.3) is 16.9 Å². The van der Waals surface area contributed by atoms with E-state index in [1.54, 1.807) is 10.9 Å². The summed E-state index contributed by atoms with van der Waals surface area (Å²) in [6, 6.07) is 12.2. The van der Waals surface area contributed by atoms with Gasteiger partial charge in [0.15, 0.2) is 5.82 Å². The minimum Gasteiger partial charge on any atom is -0.475 e. The molecule has 0 bridgehead atoms. The number of nitrogens with zero attached hydrogens (tertiary/aromatic N) is 4. The van der Waals surface area contributed by atoms with Crippen LogP contribution in [0, 0.1) is 6.92 Å². The van der Waals surface area contributed by atoms with Crippen molar-refractivity contribution in [3.63, 3.8) is 0 Å². The Morgan fingerprint density at radius 2 is 1.90 bits per heavy atom. The molecule has 0 aliphatic carbocycles. The van der Waals surface area contributed by atoms with Gasteiger partial charge in [0.25, 0.3) is 0 Å². The van der Waals surface area contributed by atoms with Crippen LogP contribution < -0.4 is 5.32 Å². The normalized spacial score (nSPS) is 11.2. The zero-order valence-electron chi connectivity index (χ0n) is 16.4. The Morgan fingerprint density at radius 1 is 1.19 bits per heavy atom. The van der Waals surface area contributed by atoms with Crippen LogP contribution >= 0.6 is 0 Å². The lowest BCUT2D eigenvalue weighted by Crippen LogP contribution is -2.21. The number of imidazole rings is 1. The smallest absolute Gasteiger partial charge is 0.475 e. The monoisotopic (exact) mass is 432 g/mol. The van der Waals surface area contributed by atoms with Crippen LogP contribution in [0.15, 0.2) is 55.0 Å². The van der Waals surface area contributed by atoms with E-state index in [1.165, 1.54) is 5.56 Å². The van der Waals surface area contributed by atoms with Gasteiger partial charge in [-0.15, -0.1) is 0 Å². The number of hydrogen-bond donors (Lipinski definition) is 3. The molecule has 4 rings (SSSR count). The number of aryl methyl sites for hydroxylation is 1. The number of benzene rings is 1. The molecule has 0 saturated carbocycles. The van der Waals surface area contributed by atoms with E-state index >= 15 is 0 Å². The number of nitrogens with one attached hydrogen (secondary N) is 2. The fraction of sp³-hybridized carbons (Fsp3) is 0.200. The highest BCUT2D eigenvalue weighted by Crippen LogP contribution is 2.14. The van der Waals surface area contributed by atoms with E-state index in [0.717, 1.165) is 41.3 Å². The minimum atomic E-state index is -5.08. The molecular formula is C20H19F3N6O2. The molecule has 0 aliphatic heterocycles. The highest BCUT2D eigenvalue weighted by molar-refractivity contribution is 5.75. The van der Waals surface area contributed by atoms with E-state index in [2.05, 4.69) is 49.6 Å². The van der Waals surface area contributed by atoms with Gasteiger partial charge < -0.3 is 15.4 Å². The molecule has 31 heavy (non-hydrogen) atoms. The van der Waals surface area contributed by atoms with Gasteiger partial charge in [-0.2, -0.15) is 18.3 Å². The zero-order chi connectivity index (χ0) is 22.4. The second-order valence-corrected chi connectivity index (χ2v) is 6.56. The van der Waals surface area contributed by atoms with Crippen molar-refractivity contribution in [2.45, 2.75) is 26.2 Å². The maximum absolute atomic E-state index is 10.6. The van der Waals surface area contributed by atoms with Gasteiger partial charge in [0, 0.05) is 31.7 Å². The third-order valence-corrected chi connectivity index (χ3v) is 4.11. The summed E-state index contributed by atoms with van der Waals surface area (Å²) in [6.45, 7) is 3.54. The van der Waals surface area contributed by atoms with Crippen molar-refractivity contribution in [3.8, 4) is 5.82 Å². The number of hydrogen-bond acceptors (Lipinski definition) is 5. The van der Waals surface area contributed by atoms with Gasteiger partial charge in [-0.3, -0.25) is 0 Å². The van der Waals surface area contributed by atoms with E-state index in [4.69, 9.17) is 9.90 Å². The van der Waals surface area contributed by atoms with Gasteiger partial charge >= 0.3 is 12.1 Å². The number of carboxylic acid groups (broad SMARTS) is 1. The molecule has 8 nitrogen and oxygen atoms in total. The molecule has 0 amide bonds. The number of pyridine rings is 1. The molecule has 4 aromatic rings. The third-order valence-electron chi connectivity index (χ3n) is 4.11. The summed E-state index contributed by atoms with van der Waals surface area (Å²) in [5.74, 6) is -0.991. The summed E-state index contributed by atoms with van der Waals surface area (Å²) in [4.78, 5) is 21.0. The van der Waals surface area contributed by atoms with Crippen molar-refractivity contribution in [1.29, 1.82) is 0 Å². The Morgan fingerprint density at radius 3 is 2.52 bits per heavy atom. The predicted molar refractivity (Wildman–Crippen MR) is 106 cm³/mol. The first-order valence-corrected chi connectivity index (χ1v) is 9.13. The highest BCUT2D eigenvalue weighted by Gasteiger charge is 2.38. The van der Waals surface area contributed by atoms with Gasteiger partial charge in [-0.25, -0.2) is 19.4 Å². The first-order chi connectivity index (χ1) is 14.7. The minimum absolute atomic E-state index is 0.770. The number of halogens is 3. The number of rotatable bonds is 5. The Balaban J connectivity index is 0.000000339. The molecule has 3 N–H and O–H groups in total. The Kier molecular flexibility index (Phi) is 6.65. The molecule has 0 radical (unpaired) electrons. The van der Waals surface area contributed by atoms with Gasteiger partial charge in [0.05, 0.1) is 11.0 Å². The molecule has 0 fully saturated rings. The van der Waals surface area contributed by atoms with Gasteiger partial charge in [-0.05, 0) is 42.3 Å². The van der Waals surface area contributed by atoms with E-state index in [9.17, 15) is 13.2 Å². The van der Waals surface area contributed by atoms with E-state index in [0.29, 0.717) is 0 Å². The van der Waals surface area contributed by atoms with Crippen LogP contribution in [0.4, 0.5) is 13.2 Å². The van der Waals surface area contributed by atoms with Crippen molar-refractivity contribution in [2.75, 3.05) is 0 Å². The first-order valence-electron chi connectivity index (χ1n) is 9.13. The summed E-state index contributed by atoms with van der Waals surface area (Å²) in [5, 5.41) is 14.7. The third kappa shape index (κ3) is 6.12. The van der Waals surface area contributed by atoms with Crippen molar-refractivity contribution < 1.29 is 23.1 Å². The number of fused-ring (bicyclic) bond motifs is 1. The van der Waals surface area contributed by atoms with Crippen molar-refractivity contribution in [1.82, 2.24) is 30.0 Å². The Bertz CT molecular complexity index is 1140. The second-order valence-electron chi connectivity index (χ2n) is 6.56. The largest absolute Gasteiger partial charge is 0.490 e. The first kappa shape index (κ1) is 22.0. The molecule has 0 atom stereocenters. The van der Waals surface area contributed by atoms with Crippen LogP contribution in [-0.4, -0.2) is 42.0 Å². The van der Waals surface area contributed by atoms with Gasteiger partial charge in [0.2, 0.25) is 0 Å². The number of aromatic nitrogens is 5. The van der Waals surface area contributed by atoms with Crippen LogP contribution in [0.5, 0.6) is 0 Å². The lowest BCUT2D eigenvalue weighted by atomic mass is 10.2. The molecule has 0 spiro atoms. The van der Waals surface area contributed by atoms with Crippen LogP contribution in [0.3, 0.4) is 0 Å².